The van der Waals surface area contributed by atoms with Gasteiger partial charge in [-0.25, -0.2) is 0 Å². The van der Waals surface area contributed by atoms with Crippen molar-refractivity contribution >= 4 is 44.5 Å². The van der Waals surface area contributed by atoms with Gasteiger partial charge >= 0.3 is 0 Å². The van der Waals surface area contributed by atoms with Gasteiger partial charge in [0.1, 0.15) is 0 Å². The molecule has 5 aromatic carbocycles. The van der Waals surface area contributed by atoms with Crippen LogP contribution in [-0.2, 0) is 0 Å². The molecule has 0 heterocycles. The molecule has 0 amide bonds. The molecule has 0 aliphatic rings. The monoisotopic (exact) mass is 390 g/mol. The molecular weight excluding hydrogens is 368 g/mol. The molecule has 0 aromatic heterocycles. The molecule has 0 fully saturated rings. The van der Waals surface area contributed by atoms with Crippen molar-refractivity contribution in [3.8, 4) is 11.5 Å². The summed E-state index contributed by atoms with van der Waals surface area (Å²) in [5, 5.41) is 7.58. The molecule has 2 heteroatoms. The highest BCUT2D eigenvalue weighted by atomic mass is 16.5. The van der Waals surface area contributed by atoms with E-state index in [1.54, 1.807) is 14.2 Å². The number of methoxy groups -OCH3 is 2. The summed E-state index contributed by atoms with van der Waals surface area (Å²) >= 11 is 0. The molecule has 0 spiro atoms. The molecule has 0 aliphatic carbocycles. The summed E-state index contributed by atoms with van der Waals surface area (Å²) in [7, 11) is 3.33. The molecule has 0 saturated carbocycles. The van der Waals surface area contributed by atoms with Crippen LogP contribution in [0.2, 0.25) is 0 Å². The van der Waals surface area contributed by atoms with Crippen molar-refractivity contribution < 1.29 is 9.47 Å². The van der Waals surface area contributed by atoms with Crippen molar-refractivity contribution in [1.29, 1.82) is 0 Å². The molecule has 0 N–H and O–H groups in total. The van der Waals surface area contributed by atoms with E-state index in [1.807, 2.05) is 18.2 Å². The Bertz CT molecular complexity index is 1400. The van der Waals surface area contributed by atoms with E-state index in [1.165, 1.54) is 37.9 Å². The Labute approximate surface area is 176 Å². The third kappa shape index (κ3) is 2.98. The number of rotatable bonds is 4. The van der Waals surface area contributed by atoms with Gasteiger partial charge in [0.2, 0.25) is 0 Å². The summed E-state index contributed by atoms with van der Waals surface area (Å²) in [4.78, 5) is 0. The summed E-state index contributed by atoms with van der Waals surface area (Å²) in [5.41, 5.74) is 2.17. The number of hydrogen-bond donors (Lipinski definition) is 0. The zero-order valence-corrected chi connectivity index (χ0v) is 17.1. The van der Waals surface area contributed by atoms with Crippen LogP contribution >= 0.6 is 0 Å². The average molecular weight is 390 g/mol. The molecular formula is C28H22O2. The third-order valence-corrected chi connectivity index (χ3v) is 5.66. The molecule has 0 atom stereocenters. The Morgan fingerprint density at radius 3 is 2.03 bits per heavy atom. The molecule has 0 unspecified atom stereocenters. The minimum absolute atomic E-state index is 0.731. The van der Waals surface area contributed by atoms with Gasteiger partial charge < -0.3 is 9.47 Å². The first-order valence-electron chi connectivity index (χ1n) is 10.0. The first-order chi connectivity index (χ1) is 14.8. The summed E-state index contributed by atoms with van der Waals surface area (Å²) in [6, 6.07) is 29.8. The SMILES string of the molecule is COc1cccc(/C=C/c2cc3ccccc3c3c2ccc2ccccc23)c1OC. The fourth-order valence-corrected chi connectivity index (χ4v) is 4.26. The molecule has 0 aliphatic heterocycles. The number of fused-ring (bicyclic) bond motifs is 5. The van der Waals surface area contributed by atoms with E-state index in [9.17, 15) is 0 Å². The van der Waals surface area contributed by atoms with Gasteiger partial charge in [0, 0.05) is 5.56 Å². The molecule has 0 radical (unpaired) electrons. The minimum atomic E-state index is 0.731. The second-order valence-electron chi connectivity index (χ2n) is 7.31. The number of para-hydroxylation sites is 1. The van der Waals surface area contributed by atoms with Crippen LogP contribution in [0.25, 0.3) is 44.5 Å². The first kappa shape index (κ1) is 18.3. The third-order valence-electron chi connectivity index (χ3n) is 5.66. The van der Waals surface area contributed by atoms with Crippen LogP contribution in [0.5, 0.6) is 11.5 Å². The largest absolute Gasteiger partial charge is 0.493 e. The van der Waals surface area contributed by atoms with Crippen molar-refractivity contribution in [2.75, 3.05) is 14.2 Å². The standard InChI is InChI=1S/C28H22O2/c1-29-26-13-7-10-20(28(26)30-2)14-15-22-18-21-9-4-6-12-24(21)27-23-11-5-3-8-19(23)16-17-25(22)27/h3-18H,1-2H3/b15-14+. The Morgan fingerprint density at radius 2 is 1.27 bits per heavy atom. The normalized spacial score (nSPS) is 11.5. The van der Waals surface area contributed by atoms with E-state index in [4.69, 9.17) is 9.47 Å². The van der Waals surface area contributed by atoms with Gasteiger partial charge in [-0.3, -0.25) is 0 Å². The summed E-state index contributed by atoms with van der Waals surface area (Å²) < 4.78 is 11.0. The van der Waals surface area contributed by atoms with Crippen LogP contribution in [0, 0.1) is 0 Å². The van der Waals surface area contributed by atoms with Gasteiger partial charge in [0.25, 0.3) is 0 Å². The van der Waals surface area contributed by atoms with Gasteiger partial charge in [-0.2, -0.15) is 0 Å². The van der Waals surface area contributed by atoms with Gasteiger partial charge in [0.05, 0.1) is 14.2 Å². The van der Waals surface area contributed by atoms with E-state index < -0.39 is 0 Å². The maximum absolute atomic E-state index is 5.59. The lowest BCUT2D eigenvalue weighted by Gasteiger charge is -2.12. The molecule has 0 saturated heterocycles. The van der Waals surface area contributed by atoms with Gasteiger partial charge in [-0.15, -0.1) is 0 Å². The van der Waals surface area contributed by atoms with E-state index in [-0.39, 0.29) is 0 Å². The van der Waals surface area contributed by atoms with Gasteiger partial charge in [0.15, 0.2) is 11.5 Å². The maximum atomic E-state index is 5.59. The van der Waals surface area contributed by atoms with Crippen molar-refractivity contribution in [2.45, 2.75) is 0 Å². The highest BCUT2D eigenvalue weighted by molar-refractivity contribution is 6.22. The van der Waals surface area contributed by atoms with Gasteiger partial charge in [-0.1, -0.05) is 84.9 Å². The first-order valence-corrected chi connectivity index (χ1v) is 10.0. The van der Waals surface area contributed by atoms with Crippen LogP contribution in [0.1, 0.15) is 11.1 Å². The molecule has 0 bridgehead atoms. The topological polar surface area (TPSA) is 18.5 Å². The lowest BCUT2D eigenvalue weighted by atomic mass is 9.92. The van der Waals surface area contributed by atoms with E-state index in [2.05, 4.69) is 78.9 Å². The Balaban J connectivity index is 1.78. The van der Waals surface area contributed by atoms with Crippen molar-refractivity contribution in [1.82, 2.24) is 0 Å². The minimum Gasteiger partial charge on any atom is -0.493 e. The van der Waals surface area contributed by atoms with E-state index in [0.29, 0.717) is 0 Å². The van der Waals surface area contributed by atoms with Crippen LogP contribution in [-0.4, -0.2) is 14.2 Å². The Kier molecular flexibility index (Phi) is 4.61. The smallest absolute Gasteiger partial charge is 0.167 e. The predicted octanol–water partition coefficient (Wildman–Crippen LogP) is 7.33. The quantitative estimate of drug-likeness (QED) is 0.236. The highest BCUT2D eigenvalue weighted by Gasteiger charge is 2.10. The molecule has 5 rings (SSSR count). The predicted molar refractivity (Wildman–Crippen MR) is 127 cm³/mol. The zero-order valence-electron chi connectivity index (χ0n) is 17.1. The zero-order chi connectivity index (χ0) is 20.5. The summed E-state index contributed by atoms with van der Waals surface area (Å²) in [6.07, 6.45) is 4.26. The maximum Gasteiger partial charge on any atom is 0.167 e. The number of benzene rings is 5. The number of hydrogen-bond acceptors (Lipinski definition) is 2. The van der Waals surface area contributed by atoms with Crippen LogP contribution < -0.4 is 9.47 Å². The van der Waals surface area contributed by atoms with E-state index >= 15 is 0 Å². The molecule has 30 heavy (non-hydrogen) atoms. The van der Waals surface area contributed by atoms with E-state index in [0.717, 1.165) is 17.1 Å². The molecule has 146 valence electrons. The lowest BCUT2D eigenvalue weighted by molar-refractivity contribution is 0.354. The molecule has 2 nitrogen and oxygen atoms in total. The summed E-state index contributed by atoms with van der Waals surface area (Å²) in [6.45, 7) is 0. The lowest BCUT2D eigenvalue weighted by Crippen LogP contribution is -1.92. The van der Waals surface area contributed by atoms with Crippen molar-refractivity contribution in [3.05, 3.63) is 96.1 Å². The van der Waals surface area contributed by atoms with Crippen LogP contribution in [0.4, 0.5) is 0 Å². The average Bonchev–Trinajstić information content (AvgIpc) is 2.81. The van der Waals surface area contributed by atoms with Crippen LogP contribution in [0.15, 0.2) is 84.9 Å². The fourth-order valence-electron chi connectivity index (χ4n) is 4.26. The second kappa shape index (κ2) is 7.57. The Hall–Kier alpha value is -3.78. The highest BCUT2D eigenvalue weighted by Crippen LogP contribution is 2.36. The Morgan fingerprint density at radius 1 is 0.567 bits per heavy atom. The fraction of sp³-hybridized carbons (Fsp3) is 0.0714. The summed E-state index contributed by atoms with van der Waals surface area (Å²) in [5.74, 6) is 1.47. The number of ether oxygens (including phenoxy) is 2. The van der Waals surface area contributed by atoms with Crippen molar-refractivity contribution in [3.63, 3.8) is 0 Å². The second-order valence-corrected chi connectivity index (χ2v) is 7.31. The van der Waals surface area contributed by atoms with Crippen LogP contribution in [0.3, 0.4) is 0 Å². The van der Waals surface area contributed by atoms with Crippen molar-refractivity contribution in [2.24, 2.45) is 0 Å². The molecule has 5 aromatic rings. The van der Waals surface area contributed by atoms with Gasteiger partial charge in [-0.05, 0) is 50.0 Å².